The van der Waals surface area contributed by atoms with Crippen molar-refractivity contribution in [2.24, 2.45) is 0 Å². The summed E-state index contributed by atoms with van der Waals surface area (Å²) in [7, 11) is 1.56. The van der Waals surface area contributed by atoms with Crippen LogP contribution >= 0.6 is 27.5 Å². The summed E-state index contributed by atoms with van der Waals surface area (Å²) >= 11 is 9.43. The quantitative estimate of drug-likeness (QED) is 0.455. The third-order valence-electron chi connectivity index (χ3n) is 3.19. The number of nitro groups is 1. The number of pyridine rings is 2. The zero-order chi connectivity index (χ0) is 17.3. The molecule has 0 spiro atoms. The highest BCUT2D eigenvalue weighted by Crippen LogP contribution is 2.37. The molecule has 0 aliphatic heterocycles. The molecule has 0 amide bonds. The van der Waals surface area contributed by atoms with Gasteiger partial charge in [-0.3, -0.25) is 15.1 Å². The molecule has 0 atom stereocenters. The van der Waals surface area contributed by atoms with Crippen molar-refractivity contribution in [2.45, 2.75) is 0 Å². The van der Waals surface area contributed by atoms with E-state index in [-0.39, 0.29) is 16.6 Å². The molecule has 0 aliphatic carbocycles. The third kappa shape index (κ3) is 3.10. The molecule has 9 heteroatoms. The topological polar surface area (TPSA) is 87.4 Å². The van der Waals surface area contributed by atoms with E-state index < -0.39 is 4.92 Å². The summed E-state index contributed by atoms with van der Waals surface area (Å²) in [6, 6.07) is 6.40. The summed E-state index contributed by atoms with van der Waals surface area (Å²) in [5.74, 6) is 1.17. The monoisotopic (exact) mass is 409 g/mol. The Labute approximate surface area is 149 Å². The largest absolute Gasteiger partial charge is 0.495 e. The van der Waals surface area contributed by atoms with Crippen molar-refractivity contribution < 1.29 is 14.4 Å². The standard InChI is InChI=1S/C15H9BrClN3O4/c1-23-14-6-12-9(5-10(14)16)13(2-3-18-12)24-15-11(17)4-8(7-19-15)20(21)22/h2-7H,1H3. The fraction of sp³-hybridized carbons (Fsp3) is 0.0667. The van der Waals surface area contributed by atoms with Crippen LogP contribution in [0.4, 0.5) is 5.69 Å². The molecule has 0 saturated carbocycles. The van der Waals surface area contributed by atoms with Crippen LogP contribution in [-0.2, 0) is 0 Å². The van der Waals surface area contributed by atoms with Crippen LogP contribution in [0.3, 0.4) is 0 Å². The minimum absolute atomic E-state index is 0.0433. The number of hydrogen-bond donors (Lipinski definition) is 0. The van der Waals surface area contributed by atoms with E-state index in [1.54, 1.807) is 31.5 Å². The number of aromatic nitrogens is 2. The minimum atomic E-state index is -0.576. The van der Waals surface area contributed by atoms with Gasteiger partial charge in [-0.15, -0.1) is 0 Å². The summed E-state index contributed by atoms with van der Waals surface area (Å²) in [6.07, 6.45) is 2.66. The summed E-state index contributed by atoms with van der Waals surface area (Å²) in [4.78, 5) is 18.3. The number of methoxy groups -OCH3 is 1. The van der Waals surface area contributed by atoms with Gasteiger partial charge in [0.15, 0.2) is 0 Å². The van der Waals surface area contributed by atoms with Gasteiger partial charge in [-0.05, 0) is 28.1 Å². The van der Waals surface area contributed by atoms with Crippen LogP contribution < -0.4 is 9.47 Å². The molecular weight excluding hydrogens is 402 g/mol. The smallest absolute Gasteiger partial charge is 0.289 e. The molecule has 7 nitrogen and oxygen atoms in total. The van der Waals surface area contributed by atoms with Crippen molar-refractivity contribution in [2.75, 3.05) is 7.11 Å². The van der Waals surface area contributed by atoms with Crippen LogP contribution in [0.1, 0.15) is 0 Å². The van der Waals surface area contributed by atoms with Gasteiger partial charge in [0, 0.05) is 23.7 Å². The van der Waals surface area contributed by atoms with E-state index in [1.807, 2.05) is 0 Å². The normalized spacial score (nSPS) is 10.6. The van der Waals surface area contributed by atoms with Gasteiger partial charge < -0.3 is 9.47 Å². The number of fused-ring (bicyclic) bond motifs is 1. The lowest BCUT2D eigenvalue weighted by atomic mass is 10.2. The number of hydrogen-bond acceptors (Lipinski definition) is 6. The summed E-state index contributed by atoms with van der Waals surface area (Å²) < 4.78 is 11.7. The fourth-order valence-corrected chi connectivity index (χ4v) is 2.77. The molecule has 24 heavy (non-hydrogen) atoms. The summed E-state index contributed by atoms with van der Waals surface area (Å²) in [6.45, 7) is 0. The first kappa shape index (κ1) is 16.4. The lowest BCUT2D eigenvalue weighted by Gasteiger charge is -2.10. The Kier molecular flexibility index (Phi) is 4.50. The van der Waals surface area contributed by atoms with Gasteiger partial charge in [0.05, 0.1) is 22.0 Å². The van der Waals surface area contributed by atoms with Crippen molar-refractivity contribution >= 4 is 44.1 Å². The maximum atomic E-state index is 10.7. The van der Waals surface area contributed by atoms with Crippen molar-refractivity contribution in [1.82, 2.24) is 9.97 Å². The average molecular weight is 411 g/mol. The first-order valence-corrected chi connectivity index (χ1v) is 7.76. The Bertz CT molecular complexity index is 951. The number of nitrogens with zero attached hydrogens (tertiary/aromatic N) is 3. The van der Waals surface area contributed by atoms with Crippen LogP contribution in [0.25, 0.3) is 10.9 Å². The van der Waals surface area contributed by atoms with Gasteiger partial charge in [0.2, 0.25) is 5.88 Å². The predicted molar refractivity (Wildman–Crippen MR) is 92.0 cm³/mol. The second kappa shape index (κ2) is 6.58. The Hall–Kier alpha value is -2.45. The van der Waals surface area contributed by atoms with Crippen molar-refractivity contribution in [1.29, 1.82) is 0 Å². The molecule has 0 radical (unpaired) electrons. The van der Waals surface area contributed by atoms with Crippen LogP contribution in [0.15, 0.2) is 41.1 Å². The number of benzene rings is 1. The van der Waals surface area contributed by atoms with E-state index in [0.29, 0.717) is 22.4 Å². The Morgan fingerprint density at radius 3 is 2.71 bits per heavy atom. The van der Waals surface area contributed by atoms with Crippen molar-refractivity contribution in [3.8, 4) is 17.4 Å². The first-order chi connectivity index (χ1) is 11.5. The van der Waals surface area contributed by atoms with E-state index in [1.165, 1.54) is 6.07 Å². The number of ether oxygens (including phenoxy) is 2. The molecule has 0 aliphatic rings. The zero-order valence-electron chi connectivity index (χ0n) is 12.2. The maximum absolute atomic E-state index is 10.7. The second-order valence-electron chi connectivity index (χ2n) is 4.65. The number of rotatable bonds is 4. The number of halogens is 2. The Morgan fingerprint density at radius 2 is 2.04 bits per heavy atom. The van der Waals surface area contributed by atoms with Crippen LogP contribution in [0, 0.1) is 10.1 Å². The van der Waals surface area contributed by atoms with E-state index in [4.69, 9.17) is 21.1 Å². The summed E-state index contributed by atoms with van der Waals surface area (Å²) in [5.41, 5.74) is 0.449. The lowest BCUT2D eigenvalue weighted by molar-refractivity contribution is -0.385. The first-order valence-electron chi connectivity index (χ1n) is 6.59. The molecule has 0 unspecified atom stereocenters. The molecule has 0 N–H and O–H groups in total. The van der Waals surface area contributed by atoms with E-state index in [9.17, 15) is 10.1 Å². The van der Waals surface area contributed by atoms with Crippen LogP contribution in [0.5, 0.6) is 17.4 Å². The van der Waals surface area contributed by atoms with Gasteiger partial charge in [0.25, 0.3) is 5.69 Å². The zero-order valence-corrected chi connectivity index (χ0v) is 14.5. The van der Waals surface area contributed by atoms with E-state index in [2.05, 4.69) is 25.9 Å². The fourth-order valence-electron chi connectivity index (χ4n) is 2.06. The second-order valence-corrected chi connectivity index (χ2v) is 5.91. The molecule has 0 fully saturated rings. The maximum Gasteiger partial charge on any atom is 0.289 e. The van der Waals surface area contributed by atoms with Crippen molar-refractivity contribution in [3.63, 3.8) is 0 Å². The highest BCUT2D eigenvalue weighted by molar-refractivity contribution is 9.10. The highest BCUT2D eigenvalue weighted by atomic mass is 79.9. The minimum Gasteiger partial charge on any atom is -0.495 e. The van der Waals surface area contributed by atoms with Crippen LogP contribution in [-0.4, -0.2) is 22.0 Å². The molecule has 1 aromatic carbocycles. The molecule has 0 saturated heterocycles. The SMILES string of the molecule is COc1cc2nccc(Oc3ncc([N+](=O)[O-])cc3Cl)c2cc1Br. The van der Waals surface area contributed by atoms with E-state index in [0.717, 1.165) is 10.7 Å². The van der Waals surface area contributed by atoms with Gasteiger partial charge in [-0.1, -0.05) is 11.6 Å². The van der Waals surface area contributed by atoms with Gasteiger partial charge in [0.1, 0.15) is 22.7 Å². The molecule has 122 valence electrons. The Balaban J connectivity index is 2.04. The molecule has 2 aromatic heterocycles. The predicted octanol–water partition coefficient (Wildman–Crippen LogP) is 4.75. The molecule has 3 aromatic rings. The summed E-state index contributed by atoms with van der Waals surface area (Å²) in [5, 5.41) is 11.5. The molecular formula is C15H9BrClN3O4. The van der Waals surface area contributed by atoms with Crippen molar-refractivity contribution in [3.05, 3.63) is 56.3 Å². The lowest BCUT2D eigenvalue weighted by Crippen LogP contribution is -1.94. The highest BCUT2D eigenvalue weighted by Gasteiger charge is 2.15. The molecule has 0 bridgehead atoms. The third-order valence-corrected chi connectivity index (χ3v) is 4.08. The van der Waals surface area contributed by atoms with Gasteiger partial charge >= 0.3 is 0 Å². The van der Waals surface area contributed by atoms with E-state index >= 15 is 0 Å². The Morgan fingerprint density at radius 1 is 1.25 bits per heavy atom. The average Bonchev–Trinajstić information content (AvgIpc) is 2.56. The molecule has 3 rings (SSSR count). The van der Waals surface area contributed by atoms with Crippen LogP contribution in [0.2, 0.25) is 5.02 Å². The van der Waals surface area contributed by atoms with Gasteiger partial charge in [-0.25, -0.2) is 4.98 Å². The van der Waals surface area contributed by atoms with Gasteiger partial charge in [-0.2, -0.15) is 0 Å². The molecule has 2 heterocycles.